The van der Waals surface area contributed by atoms with E-state index in [1.807, 2.05) is 60.7 Å². The predicted molar refractivity (Wildman–Crippen MR) is 105 cm³/mol. The van der Waals surface area contributed by atoms with Crippen molar-refractivity contribution in [3.05, 3.63) is 72.3 Å². The zero-order chi connectivity index (χ0) is 18.4. The largest absolute Gasteiger partial charge is 0.465 e. The van der Waals surface area contributed by atoms with E-state index in [-0.39, 0.29) is 12.5 Å². The molecule has 0 atom stereocenters. The van der Waals surface area contributed by atoms with Crippen molar-refractivity contribution >= 4 is 33.9 Å². The van der Waals surface area contributed by atoms with Gasteiger partial charge >= 0.3 is 5.97 Å². The number of hydrogen-bond donors (Lipinski definition) is 2. The van der Waals surface area contributed by atoms with Crippen LogP contribution in [0.2, 0.25) is 0 Å². The molecule has 3 rings (SSSR count). The molecular formula is C20H18N2O3S. The molecule has 1 amide bonds. The number of ether oxygens (including phenoxy) is 1. The molecule has 0 bridgehead atoms. The lowest BCUT2D eigenvalue weighted by molar-refractivity contribution is -0.114. The van der Waals surface area contributed by atoms with Crippen molar-refractivity contribution in [3.8, 4) is 10.4 Å². The average molecular weight is 366 g/mol. The highest BCUT2D eigenvalue weighted by atomic mass is 32.1. The minimum Gasteiger partial charge on any atom is -0.465 e. The Bertz CT molecular complexity index is 892. The predicted octanol–water partition coefficient (Wildman–Crippen LogP) is 4.25. The number of anilines is 2. The van der Waals surface area contributed by atoms with Gasteiger partial charge < -0.3 is 15.4 Å². The number of benzene rings is 2. The molecule has 0 radical (unpaired) electrons. The van der Waals surface area contributed by atoms with Gasteiger partial charge in [-0.1, -0.05) is 48.5 Å². The van der Waals surface area contributed by atoms with E-state index in [2.05, 4.69) is 10.6 Å². The van der Waals surface area contributed by atoms with Crippen LogP contribution in [0.3, 0.4) is 0 Å². The quantitative estimate of drug-likeness (QED) is 0.640. The summed E-state index contributed by atoms with van der Waals surface area (Å²) < 4.78 is 4.86. The lowest BCUT2D eigenvalue weighted by Gasteiger charge is -2.07. The number of carbonyl (C=O) groups is 2. The Balaban J connectivity index is 1.74. The molecule has 0 saturated heterocycles. The first kappa shape index (κ1) is 17.7. The van der Waals surface area contributed by atoms with E-state index in [4.69, 9.17) is 4.74 Å². The Labute approximate surface area is 155 Å². The molecule has 0 aliphatic heterocycles. The molecule has 0 fully saturated rings. The van der Waals surface area contributed by atoms with Crippen molar-refractivity contribution < 1.29 is 14.3 Å². The van der Waals surface area contributed by atoms with Gasteiger partial charge in [-0.3, -0.25) is 4.79 Å². The maximum absolute atomic E-state index is 12.1. The Morgan fingerprint density at radius 2 is 1.65 bits per heavy atom. The van der Waals surface area contributed by atoms with E-state index in [9.17, 15) is 9.59 Å². The van der Waals surface area contributed by atoms with Crippen molar-refractivity contribution in [2.45, 2.75) is 0 Å². The van der Waals surface area contributed by atoms with E-state index < -0.39 is 5.97 Å². The second kappa shape index (κ2) is 8.31. The van der Waals surface area contributed by atoms with Gasteiger partial charge in [0.1, 0.15) is 5.00 Å². The number of methoxy groups -OCH3 is 1. The van der Waals surface area contributed by atoms with Gasteiger partial charge in [-0.2, -0.15) is 0 Å². The lowest BCUT2D eigenvalue weighted by atomic mass is 10.1. The molecule has 1 aromatic heterocycles. The summed E-state index contributed by atoms with van der Waals surface area (Å²) in [6.07, 6.45) is 0. The standard InChI is InChI=1S/C20H18N2O3S/c1-25-20(24)16-12-17(14-8-4-2-5-9-14)26-19(16)21-13-18(23)22-15-10-6-3-7-11-15/h2-12,21H,13H2,1H3,(H,22,23). The van der Waals surface area contributed by atoms with Crippen LogP contribution in [0, 0.1) is 0 Å². The van der Waals surface area contributed by atoms with Crippen molar-refractivity contribution in [2.24, 2.45) is 0 Å². The van der Waals surface area contributed by atoms with Crippen molar-refractivity contribution in [1.29, 1.82) is 0 Å². The molecule has 5 nitrogen and oxygen atoms in total. The Kier molecular flexibility index (Phi) is 5.66. The minimum atomic E-state index is -0.436. The van der Waals surface area contributed by atoms with Crippen LogP contribution in [0.1, 0.15) is 10.4 Å². The highest BCUT2D eigenvalue weighted by Crippen LogP contribution is 2.35. The third-order valence-electron chi connectivity index (χ3n) is 3.66. The Hall–Kier alpha value is -3.12. The van der Waals surface area contributed by atoms with Gasteiger partial charge in [-0.15, -0.1) is 11.3 Å². The van der Waals surface area contributed by atoms with Gasteiger partial charge in [-0.05, 0) is 23.8 Å². The summed E-state index contributed by atoms with van der Waals surface area (Å²) >= 11 is 1.41. The number of esters is 1. The van der Waals surface area contributed by atoms with Gasteiger partial charge in [0.2, 0.25) is 5.91 Å². The van der Waals surface area contributed by atoms with Crippen LogP contribution in [0.15, 0.2) is 66.7 Å². The molecule has 0 spiro atoms. The van der Waals surface area contributed by atoms with Crippen LogP contribution in [0.25, 0.3) is 10.4 Å². The van der Waals surface area contributed by atoms with Gasteiger partial charge in [-0.25, -0.2) is 4.79 Å². The Morgan fingerprint density at radius 1 is 1.00 bits per heavy atom. The molecule has 1 heterocycles. The number of amides is 1. The van der Waals surface area contributed by atoms with E-state index in [1.54, 1.807) is 6.07 Å². The molecule has 3 aromatic rings. The van der Waals surface area contributed by atoms with Crippen LogP contribution < -0.4 is 10.6 Å². The minimum absolute atomic E-state index is 0.0492. The smallest absolute Gasteiger partial charge is 0.340 e. The lowest BCUT2D eigenvalue weighted by Crippen LogP contribution is -2.22. The van der Waals surface area contributed by atoms with E-state index in [0.29, 0.717) is 10.6 Å². The second-order valence-corrected chi connectivity index (χ2v) is 6.53. The van der Waals surface area contributed by atoms with Crippen LogP contribution in [0.5, 0.6) is 0 Å². The van der Waals surface area contributed by atoms with Crippen molar-refractivity contribution in [3.63, 3.8) is 0 Å². The van der Waals surface area contributed by atoms with Crippen LogP contribution in [-0.4, -0.2) is 25.5 Å². The summed E-state index contributed by atoms with van der Waals surface area (Å²) in [4.78, 5) is 25.1. The first-order valence-electron chi connectivity index (χ1n) is 8.03. The maximum Gasteiger partial charge on any atom is 0.340 e. The molecule has 2 aromatic carbocycles. The summed E-state index contributed by atoms with van der Waals surface area (Å²) in [5, 5.41) is 6.45. The average Bonchev–Trinajstić information content (AvgIpc) is 3.11. The molecule has 0 aliphatic carbocycles. The highest BCUT2D eigenvalue weighted by Gasteiger charge is 2.18. The zero-order valence-electron chi connectivity index (χ0n) is 14.2. The van der Waals surface area contributed by atoms with Gasteiger partial charge in [0, 0.05) is 10.6 Å². The second-order valence-electron chi connectivity index (χ2n) is 5.48. The molecule has 0 unspecified atom stereocenters. The number of rotatable bonds is 6. The summed E-state index contributed by atoms with van der Waals surface area (Å²) in [6.45, 7) is 0.0492. The third-order valence-corrected chi connectivity index (χ3v) is 4.80. The van der Waals surface area contributed by atoms with Crippen LogP contribution >= 0.6 is 11.3 Å². The van der Waals surface area contributed by atoms with E-state index in [1.165, 1.54) is 18.4 Å². The normalized spacial score (nSPS) is 10.2. The number of hydrogen-bond acceptors (Lipinski definition) is 5. The summed E-state index contributed by atoms with van der Waals surface area (Å²) in [5.74, 6) is -0.629. The molecule has 6 heteroatoms. The first-order valence-corrected chi connectivity index (χ1v) is 8.85. The number of carbonyl (C=O) groups excluding carboxylic acids is 2. The fourth-order valence-electron chi connectivity index (χ4n) is 2.42. The molecule has 26 heavy (non-hydrogen) atoms. The maximum atomic E-state index is 12.1. The van der Waals surface area contributed by atoms with Crippen LogP contribution in [0.4, 0.5) is 10.7 Å². The summed E-state index contributed by atoms with van der Waals surface area (Å²) in [7, 11) is 1.34. The van der Waals surface area contributed by atoms with Gasteiger partial charge in [0.15, 0.2) is 0 Å². The first-order chi connectivity index (χ1) is 12.7. The fourth-order valence-corrected chi connectivity index (χ4v) is 3.46. The molecule has 2 N–H and O–H groups in total. The van der Waals surface area contributed by atoms with Gasteiger partial charge in [0.25, 0.3) is 0 Å². The fraction of sp³-hybridized carbons (Fsp3) is 0.100. The van der Waals surface area contributed by atoms with Crippen LogP contribution in [-0.2, 0) is 9.53 Å². The summed E-state index contributed by atoms with van der Waals surface area (Å²) in [5.41, 5.74) is 2.15. The monoisotopic (exact) mass is 366 g/mol. The summed E-state index contributed by atoms with van der Waals surface area (Å²) in [6, 6.07) is 20.8. The van der Waals surface area contributed by atoms with Crippen molar-refractivity contribution in [2.75, 3.05) is 24.3 Å². The molecular weight excluding hydrogens is 348 g/mol. The highest BCUT2D eigenvalue weighted by molar-refractivity contribution is 7.19. The molecule has 132 valence electrons. The number of thiophene rings is 1. The van der Waals surface area contributed by atoms with E-state index >= 15 is 0 Å². The Morgan fingerprint density at radius 3 is 2.31 bits per heavy atom. The number of para-hydroxylation sites is 1. The SMILES string of the molecule is COC(=O)c1cc(-c2ccccc2)sc1NCC(=O)Nc1ccccc1. The van der Waals surface area contributed by atoms with Crippen molar-refractivity contribution in [1.82, 2.24) is 0 Å². The van der Waals surface area contributed by atoms with E-state index in [0.717, 1.165) is 16.1 Å². The third kappa shape index (κ3) is 4.29. The molecule has 0 aliphatic rings. The number of nitrogens with one attached hydrogen (secondary N) is 2. The zero-order valence-corrected chi connectivity index (χ0v) is 15.0. The van der Waals surface area contributed by atoms with Gasteiger partial charge in [0.05, 0.1) is 19.2 Å². The molecule has 0 saturated carbocycles. The topological polar surface area (TPSA) is 67.4 Å².